The number of rotatable bonds is 4. The number of nitrogens with zero attached hydrogens (tertiary/aromatic N) is 1. The molecule has 0 saturated heterocycles. The van der Waals surface area contributed by atoms with E-state index in [0.29, 0.717) is 13.1 Å². The van der Waals surface area contributed by atoms with E-state index in [2.05, 4.69) is 10.3 Å². The van der Waals surface area contributed by atoms with Crippen LogP contribution < -0.4 is 11.1 Å². The van der Waals surface area contributed by atoms with Crippen molar-refractivity contribution in [2.45, 2.75) is 13.1 Å². The molecule has 1 heterocycles. The number of aromatic nitrogens is 1. The fraction of sp³-hybridized carbons (Fsp3) is 0.154. The summed E-state index contributed by atoms with van der Waals surface area (Å²) in [5.74, 6) is -0.237. The van der Waals surface area contributed by atoms with E-state index in [0.717, 1.165) is 16.9 Å². The molecule has 4 heteroatoms. The Kier molecular flexibility index (Phi) is 3.67. The maximum Gasteiger partial charge on any atom is 0.123 e. The predicted octanol–water partition coefficient (Wildman–Crippen LogP) is 2.29. The maximum atomic E-state index is 12.7. The molecule has 0 aliphatic rings. The van der Waals surface area contributed by atoms with Crippen LogP contribution in [0.4, 0.5) is 10.1 Å². The Labute approximate surface area is 99.5 Å². The Morgan fingerprint density at radius 2 is 1.94 bits per heavy atom. The van der Waals surface area contributed by atoms with Crippen molar-refractivity contribution in [2.24, 2.45) is 5.73 Å². The molecule has 3 N–H and O–H groups in total. The predicted molar refractivity (Wildman–Crippen MR) is 65.9 cm³/mol. The van der Waals surface area contributed by atoms with Gasteiger partial charge in [0.15, 0.2) is 0 Å². The lowest BCUT2D eigenvalue weighted by Crippen LogP contribution is -2.08. The van der Waals surface area contributed by atoms with Crippen molar-refractivity contribution in [3.8, 4) is 0 Å². The van der Waals surface area contributed by atoms with Crippen molar-refractivity contribution < 1.29 is 4.39 Å². The Hall–Kier alpha value is -1.94. The second-order valence-corrected chi connectivity index (χ2v) is 3.67. The van der Waals surface area contributed by atoms with Gasteiger partial charge in [-0.25, -0.2) is 4.39 Å². The highest BCUT2D eigenvalue weighted by Crippen LogP contribution is 2.11. The largest absolute Gasteiger partial charge is 0.381 e. The van der Waals surface area contributed by atoms with Crippen LogP contribution in [-0.4, -0.2) is 4.98 Å². The number of hydrogen-bond donors (Lipinski definition) is 2. The summed E-state index contributed by atoms with van der Waals surface area (Å²) in [6.45, 7) is 1.05. The molecule has 0 radical (unpaired) electrons. The molecule has 2 aromatic rings. The van der Waals surface area contributed by atoms with E-state index in [-0.39, 0.29) is 5.82 Å². The van der Waals surface area contributed by atoms with Gasteiger partial charge in [-0.1, -0.05) is 6.07 Å². The van der Waals surface area contributed by atoms with E-state index in [4.69, 9.17) is 5.73 Å². The normalized spacial score (nSPS) is 10.2. The summed E-state index contributed by atoms with van der Waals surface area (Å²) >= 11 is 0. The van der Waals surface area contributed by atoms with Crippen LogP contribution in [0.1, 0.15) is 11.3 Å². The Balaban J connectivity index is 2.04. The van der Waals surface area contributed by atoms with Crippen LogP contribution in [0, 0.1) is 5.82 Å². The molecule has 3 nitrogen and oxygen atoms in total. The van der Waals surface area contributed by atoms with Crippen molar-refractivity contribution in [1.82, 2.24) is 4.98 Å². The lowest BCUT2D eigenvalue weighted by molar-refractivity contribution is 0.628. The van der Waals surface area contributed by atoms with Gasteiger partial charge in [-0.05, 0) is 35.9 Å². The molecular weight excluding hydrogens is 217 g/mol. The summed E-state index contributed by atoms with van der Waals surface area (Å²) in [5, 5.41) is 3.20. The van der Waals surface area contributed by atoms with Crippen molar-refractivity contribution in [1.29, 1.82) is 0 Å². The molecule has 0 fully saturated rings. The van der Waals surface area contributed by atoms with Crippen LogP contribution in [0.3, 0.4) is 0 Å². The quantitative estimate of drug-likeness (QED) is 0.848. The van der Waals surface area contributed by atoms with E-state index in [1.54, 1.807) is 18.3 Å². The van der Waals surface area contributed by atoms with Gasteiger partial charge < -0.3 is 11.1 Å². The number of pyridine rings is 1. The Morgan fingerprint density at radius 1 is 1.18 bits per heavy atom. The highest BCUT2D eigenvalue weighted by molar-refractivity contribution is 5.43. The van der Waals surface area contributed by atoms with Gasteiger partial charge in [0.05, 0.1) is 5.69 Å². The van der Waals surface area contributed by atoms with Crippen LogP contribution in [0.2, 0.25) is 0 Å². The second-order valence-electron chi connectivity index (χ2n) is 3.67. The van der Waals surface area contributed by atoms with Gasteiger partial charge >= 0.3 is 0 Å². The molecule has 0 amide bonds. The molecule has 0 atom stereocenters. The van der Waals surface area contributed by atoms with Crippen molar-refractivity contribution >= 4 is 5.69 Å². The van der Waals surface area contributed by atoms with E-state index in [1.165, 1.54) is 12.1 Å². The van der Waals surface area contributed by atoms with Gasteiger partial charge in [-0.3, -0.25) is 4.98 Å². The second kappa shape index (κ2) is 5.41. The van der Waals surface area contributed by atoms with Gasteiger partial charge in [0, 0.05) is 25.0 Å². The summed E-state index contributed by atoms with van der Waals surface area (Å²) < 4.78 is 12.7. The summed E-state index contributed by atoms with van der Waals surface area (Å²) in [6.07, 6.45) is 1.73. The average molecular weight is 231 g/mol. The molecular formula is C13H14FN3. The molecule has 0 aliphatic heterocycles. The van der Waals surface area contributed by atoms with Crippen LogP contribution >= 0.6 is 0 Å². The highest BCUT2D eigenvalue weighted by atomic mass is 19.1. The molecule has 2 rings (SSSR count). The van der Waals surface area contributed by atoms with Gasteiger partial charge in [-0.2, -0.15) is 0 Å². The molecule has 1 aromatic carbocycles. The van der Waals surface area contributed by atoms with Crippen molar-refractivity contribution in [2.75, 3.05) is 5.32 Å². The van der Waals surface area contributed by atoms with Gasteiger partial charge in [-0.15, -0.1) is 0 Å². The topological polar surface area (TPSA) is 50.9 Å². The van der Waals surface area contributed by atoms with Crippen LogP contribution in [0.5, 0.6) is 0 Å². The fourth-order valence-corrected chi connectivity index (χ4v) is 1.58. The van der Waals surface area contributed by atoms with Crippen LogP contribution in [0.25, 0.3) is 0 Å². The summed E-state index contributed by atoms with van der Waals surface area (Å²) in [5.41, 5.74) is 8.40. The molecule has 17 heavy (non-hydrogen) atoms. The first-order valence-corrected chi connectivity index (χ1v) is 5.42. The molecule has 0 saturated carbocycles. The first kappa shape index (κ1) is 11.5. The van der Waals surface area contributed by atoms with Gasteiger partial charge in [0.25, 0.3) is 0 Å². The summed E-state index contributed by atoms with van der Waals surface area (Å²) in [4.78, 5) is 4.20. The standard InChI is InChI=1S/C13H14FN3/c14-11-3-5-12(6-4-11)17-9-10-2-1-7-16-13(10)8-15/h1-7,17H,8-9,15H2. The molecule has 88 valence electrons. The maximum absolute atomic E-state index is 12.7. The molecule has 1 aromatic heterocycles. The molecule has 0 bridgehead atoms. The van der Waals surface area contributed by atoms with E-state index >= 15 is 0 Å². The van der Waals surface area contributed by atoms with E-state index < -0.39 is 0 Å². The Bertz CT molecular complexity index is 482. The van der Waals surface area contributed by atoms with Crippen LogP contribution in [0.15, 0.2) is 42.6 Å². The number of nitrogens with two attached hydrogens (primary N) is 1. The first-order valence-electron chi connectivity index (χ1n) is 5.42. The zero-order valence-corrected chi connectivity index (χ0v) is 9.36. The van der Waals surface area contributed by atoms with Crippen molar-refractivity contribution in [3.63, 3.8) is 0 Å². The van der Waals surface area contributed by atoms with E-state index in [9.17, 15) is 4.39 Å². The minimum Gasteiger partial charge on any atom is -0.381 e. The summed E-state index contributed by atoms with van der Waals surface area (Å²) in [7, 11) is 0. The SMILES string of the molecule is NCc1ncccc1CNc1ccc(F)cc1. The summed E-state index contributed by atoms with van der Waals surface area (Å²) in [6, 6.07) is 10.1. The number of halogens is 1. The minimum atomic E-state index is -0.237. The van der Waals surface area contributed by atoms with E-state index in [1.807, 2.05) is 12.1 Å². The third-order valence-corrected chi connectivity index (χ3v) is 2.51. The zero-order chi connectivity index (χ0) is 12.1. The number of benzene rings is 1. The number of nitrogens with one attached hydrogen (secondary N) is 1. The average Bonchev–Trinajstić information content (AvgIpc) is 2.38. The number of hydrogen-bond acceptors (Lipinski definition) is 3. The smallest absolute Gasteiger partial charge is 0.123 e. The monoisotopic (exact) mass is 231 g/mol. The minimum absolute atomic E-state index is 0.237. The Morgan fingerprint density at radius 3 is 2.65 bits per heavy atom. The fourth-order valence-electron chi connectivity index (χ4n) is 1.58. The van der Waals surface area contributed by atoms with Gasteiger partial charge in [0.1, 0.15) is 5.82 Å². The molecule has 0 aliphatic carbocycles. The molecule has 0 spiro atoms. The van der Waals surface area contributed by atoms with Crippen molar-refractivity contribution in [3.05, 3.63) is 59.7 Å². The van der Waals surface area contributed by atoms with Gasteiger partial charge in [0.2, 0.25) is 0 Å². The number of anilines is 1. The third-order valence-electron chi connectivity index (χ3n) is 2.51. The zero-order valence-electron chi connectivity index (χ0n) is 9.36. The third kappa shape index (κ3) is 3.01. The van der Waals surface area contributed by atoms with Crippen LogP contribution in [-0.2, 0) is 13.1 Å². The first-order chi connectivity index (χ1) is 8.29. The lowest BCUT2D eigenvalue weighted by Gasteiger charge is -2.09. The molecule has 0 unspecified atom stereocenters. The lowest BCUT2D eigenvalue weighted by atomic mass is 10.2. The highest BCUT2D eigenvalue weighted by Gasteiger charge is 2.01.